The van der Waals surface area contributed by atoms with Crippen molar-refractivity contribution in [3.8, 4) is 0 Å². The van der Waals surface area contributed by atoms with E-state index in [2.05, 4.69) is 17.9 Å². The van der Waals surface area contributed by atoms with Crippen molar-refractivity contribution in [3.63, 3.8) is 0 Å². The summed E-state index contributed by atoms with van der Waals surface area (Å²) in [6, 6.07) is 0. The molecular weight excluding hydrogens is 246 g/mol. The fourth-order valence-corrected chi connectivity index (χ4v) is 3.81. The molecule has 0 saturated carbocycles. The van der Waals surface area contributed by atoms with Gasteiger partial charge in [-0.15, -0.1) is 0 Å². The Morgan fingerprint density at radius 2 is 2.10 bits per heavy atom. The van der Waals surface area contributed by atoms with Gasteiger partial charge in [-0.25, -0.2) is 0 Å². The lowest BCUT2D eigenvalue weighted by atomic mass is 9.91. The van der Waals surface area contributed by atoms with E-state index in [9.17, 15) is 0 Å². The first-order valence-corrected chi connectivity index (χ1v) is 8.59. The molecule has 0 amide bonds. The summed E-state index contributed by atoms with van der Waals surface area (Å²) in [7, 11) is 0. The van der Waals surface area contributed by atoms with Crippen LogP contribution in [0.5, 0.6) is 0 Å². The summed E-state index contributed by atoms with van der Waals surface area (Å²) in [5.41, 5.74) is 3.15. The fraction of sp³-hybridized carbons (Fsp3) is 0.778. The highest BCUT2D eigenvalue weighted by atomic mass is 16.5. The van der Waals surface area contributed by atoms with Crippen LogP contribution in [0.4, 0.5) is 0 Å². The number of rotatable bonds is 2. The van der Waals surface area contributed by atoms with Crippen molar-refractivity contribution >= 4 is 0 Å². The van der Waals surface area contributed by atoms with E-state index in [1.54, 1.807) is 11.1 Å². The molecule has 3 rings (SSSR count). The average Bonchev–Trinajstić information content (AvgIpc) is 2.89. The third-order valence-corrected chi connectivity index (χ3v) is 4.99. The van der Waals surface area contributed by atoms with Crippen LogP contribution in [-0.2, 0) is 4.74 Å². The van der Waals surface area contributed by atoms with Crippen molar-refractivity contribution in [1.82, 2.24) is 4.90 Å². The van der Waals surface area contributed by atoms with E-state index in [1.807, 2.05) is 0 Å². The van der Waals surface area contributed by atoms with Gasteiger partial charge in [-0.05, 0) is 55.7 Å². The molecule has 0 bridgehead atoms. The maximum atomic E-state index is 6.10. The molecule has 1 unspecified atom stereocenters. The molecule has 1 fully saturated rings. The van der Waals surface area contributed by atoms with Gasteiger partial charge >= 0.3 is 0 Å². The predicted octanol–water partition coefficient (Wildman–Crippen LogP) is 4.28. The second-order valence-electron chi connectivity index (χ2n) is 6.81. The summed E-state index contributed by atoms with van der Waals surface area (Å²) >= 11 is 0. The Morgan fingerprint density at radius 1 is 1.20 bits per heavy atom. The predicted molar refractivity (Wildman–Crippen MR) is 83.6 cm³/mol. The van der Waals surface area contributed by atoms with Crippen LogP contribution in [-0.4, -0.2) is 31.1 Å². The Kier molecular flexibility index (Phi) is 4.82. The molecule has 2 aliphatic heterocycles. The van der Waals surface area contributed by atoms with E-state index < -0.39 is 0 Å². The van der Waals surface area contributed by atoms with Gasteiger partial charge in [-0.2, -0.15) is 0 Å². The molecule has 1 atom stereocenters. The topological polar surface area (TPSA) is 12.5 Å². The standard InChI is InChI=1S/C18H29NO/c1-15-10-11-19(13-15)14-16-7-6-9-18-17(16)8-4-2-3-5-12-20-18/h7,15H,2-6,8-14H2,1H3. The number of likely N-dealkylation sites (tertiary alicyclic amines) is 1. The SMILES string of the molecule is CC1CCN(CC2=CCCC3=C2CCCCCCO3)C1. The number of ether oxygens (including phenoxy) is 1. The Labute approximate surface area is 123 Å². The van der Waals surface area contributed by atoms with Gasteiger partial charge in [0.05, 0.1) is 12.4 Å². The maximum absolute atomic E-state index is 6.10. The van der Waals surface area contributed by atoms with Crippen LogP contribution >= 0.6 is 0 Å². The first-order chi connectivity index (χ1) is 9.83. The molecule has 3 aliphatic rings. The van der Waals surface area contributed by atoms with E-state index in [0.717, 1.165) is 25.5 Å². The van der Waals surface area contributed by atoms with Gasteiger partial charge in [-0.3, -0.25) is 4.90 Å². The van der Waals surface area contributed by atoms with Crippen LogP contribution in [0.25, 0.3) is 0 Å². The highest BCUT2D eigenvalue weighted by Gasteiger charge is 2.23. The van der Waals surface area contributed by atoms with Gasteiger partial charge in [0, 0.05) is 19.5 Å². The van der Waals surface area contributed by atoms with Crippen molar-refractivity contribution in [1.29, 1.82) is 0 Å². The Morgan fingerprint density at radius 3 is 2.95 bits per heavy atom. The monoisotopic (exact) mass is 275 g/mol. The van der Waals surface area contributed by atoms with E-state index in [1.165, 1.54) is 63.8 Å². The zero-order valence-electron chi connectivity index (χ0n) is 13.0. The van der Waals surface area contributed by atoms with Crippen LogP contribution < -0.4 is 0 Å². The normalized spacial score (nSPS) is 29.1. The molecule has 2 nitrogen and oxygen atoms in total. The third-order valence-electron chi connectivity index (χ3n) is 4.99. The number of allylic oxidation sites excluding steroid dienone is 2. The van der Waals surface area contributed by atoms with Gasteiger partial charge in [0.15, 0.2) is 0 Å². The average molecular weight is 275 g/mol. The second kappa shape index (κ2) is 6.80. The van der Waals surface area contributed by atoms with Crippen LogP contribution in [0.3, 0.4) is 0 Å². The van der Waals surface area contributed by atoms with Gasteiger partial charge in [-0.1, -0.05) is 25.8 Å². The molecule has 2 heteroatoms. The Hall–Kier alpha value is -0.760. The van der Waals surface area contributed by atoms with Crippen molar-refractivity contribution in [2.24, 2.45) is 5.92 Å². The highest BCUT2D eigenvalue weighted by molar-refractivity contribution is 5.37. The molecule has 112 valence electrons. The minimum absolute atomic E-state index is 0.879. The first kappa shape index (κ1) is 14.2. The van der Waals surface area contributed by atoms with Crippen LogP contribution in [0.1, 0.15) is 58.3 Å². The Bertz CT molecular complexity index is 396. The lowest BCUT2D eigenvalue weighted by Gasteiger charge is -2.25. The minimum atomic E-state index is 0.879. The number of nitrogens with zero attached hydrogens (tertiary/aromatic N) is 1. The smallest absolute Gasteiger partial charge is 0.0997 e. The quantitative estimate of drug-likeness (QED) is 0.745. The van der Waals surface area contributed by atoms with Crippen molar-refractivity contribution in [3.05, 3.63) is 23.0 Å². The largest absolute Gasteiger partial charge is 0.498 e. The van der Waals surface area contributed by atoms with Crippen LogP contribution in [0.2, 0.25) is 0 Å². The zero-order valence-corrected chi connectivity index (χ0v) is 13.0. The summed E-state index contributed by atoms with van der Waals surface area (Å²) in [6.07, 6.45) is 12.7. The molecule has 1 saturated heterocycles. The van der Waals surface area contributed by atoms with Gasteiger partial charge in [0.25, 0.3) is 0 Å². The Balaban J connectivity index is 1.70. The van der Waals surface area contributed by atoms with Crippen molar-refractivity contribution in [2.75, 3.05) is 26.2 Å². The van der Waals surface area contributed by atoms with Crippen LogP contribution in [0.15, 0.2) is 23.0 Å². The summed E-state index contributed by atoms with van der Waals surface area (Å²) in [5, 5.41) is 0. The summed E-state index contributed by atoms with van der Waals surface area (Å²) < 4.78 is 6.10. The van der Waals surface area contributed by atoms with Gasteiger partial charge < -0.3 is 4.74 Å². The lowest BCUT2D eigenvalue weighted by molar-refractivity contribution is 0.193. The first-order valence-electron chi connectivity index (χ1n) is 8.59. The second-order valence-corrected chi connectivity index (χ2v) is 6.81. The maximum Gasteiger partial charge on any atom is 0.0997 e. The highest BCUT2D eigenvalue weighted by Crippen LogP contribution is 2.32. The summed E-state index contributed by atoms with van der Waals surface area (Å²) in [6.45, 7) is 7.03. The van der Waals surface area contributed by atoms with Crippen molar-refractivity contribution < 1.29 is 4.74 Å². The van der Waals surface area contributed by atoms with Crippen LogP contribution in [0, 0.1) is 5.92 Å². The van der Waals surface area contributed by atoms with E-state index >= 15 is 0 Å². The van der Waals surface area contributed by atoms with E-state index in [4.69, 9.17) is 4.74 Å². The van der Waals surface area contributed by atoms with Gasteiger partial charge in [0.2, 0.25) is 0 Å². The molecule has 20 heavy (non-hydrogen) atoms. The third kappa shape index (κ3) is 3.46. The summed E-state index contributed by atoms with van der Waals surface area (Å²) in [4.78, 5) is 2.64. The van der Waals surface area contributed by atoms with Crippen molar-refractivity contribution in [2.45, 2.75) is 58.3 Å². The van der Waals surface area contributed by atoms with Gasteiger partial charge in [0.1, 0.15) is 0 Å². The molecule has 0 aromatic rings. The molecule has 0 aromatic carbocycles. The fourth-order valence-electron chi connectivity index (χ4n) is 3.81. The van der Waals surface area contributed by atoms with E-state index in [-0.39, 0.29) is 0 Å². The molecule has 0 spiro atoms. The number of hydrogen-bond acceptors (Lipinski definition) is 2. The number of hydrogen-bond donors (Lipinski definition) is 0. The minimum Gasteiger partial charge on any atom is -0.498 e. The van der Waals surface area contributed by atoms with E-state index in [0.29, 0.717) is 0 Å². The molecule has 0 N–H and O–H groups in total. The molecule has 0 aromatic heterocycles. The molecule has 2 heterocycles. The molecule has 1 aliphatic carbocycles. The molecular formula is C18H29NO. The molecule has 0 radical (unpaired) electrons. The lowest BCUT2D eigenvalue weighted by Crippen LogP contribution is -2.25. The zero-order chi connectivity index (χ0) is 13.8. The summed E-state index contributed by atoms with van der Waals surface area (Å²) in [5.74, 6) is 2.21.